The van der Waals surface area contributed by atoms with E-state index in [4.69, 9.17) is 14.5 Å². The van der Waals surface area contributed by atoms with Crippen LogP contribution in [0.1, 0.15) is 22.8 Å². The first kappa shape index (κ1) is 20.3. The zero-order chi connectivity index (χ0) is 21.6. The fourth-order valence-corrected chi connectivity index (χ4v) is 3.40. The van der Waals surface area contributed by atoms with Crippen molar-refractivity contribution in [3.8, 4) is 22.8 Å². The number of nitrogens with zero attached hydrogens (tertiary/aromatic N) is 2. The molecular weight excluding hydrogens is 390 g/mol. The van der Waals surface area contributed by atoms with Gasteiger partial charge in [-0.25, -0.2) is 4.98 Å². The van der Waals surface area contributed by atoms with Gasteiger partial charge in [0.1, 0.15) is 0 Å². The van der Waals surface area contributed by atoms with E-state index in [1.54, 1.807) is 19.5 Å². The minimum absolute atomic E-state index is 0.170. The molecular formula is C25H23N3O3. The monoisotopic (exact) mass is 413 g/mol. The van der Waals surface area contributed by atoms with Gasteiger partial charge in [0.05, 0.1) is 30.5 Å². The topological polar surface area (TPSA) is 73.3 Å². The van der Waals surface area contributed by atoms with Crippen LogP contribution >= 0.6 is 0 Å². The number of rotatable bonds is 7. The lowest BCUT2D eigenvalue weighted by Crippen LogP contribution is -2.23. The number of pyridine rings is 2. The Kier molecular flexibility index (Phi) is 6.08. The van der Waals surface area contributed by atoms with Crippen LogP contribution in [0.15, 0.2) is 73.1 Å². The molecule has 0 bridgehead atoms. The Labute approximate surface area is 180 Å². The lowest BCUT2D eigenvalue weighted by molar-refractivity contribution is 0.0952. The number of nitrogens with one attached hydrogen (secondary N) is 1. The molecule has 31 heavy (non-hydrogen) atoms. The zero-order valence-electron chi connectivity index (χ0n) is 17.5. The zero-order valence-corrected chi connectivity index (χ0v) is 17.5. The van der Waals surface area contributed by atoms with Gasteiger partial charge in [0.15, 0.2) is 11.5 Å². The fourth-order valence-electron chi connectivity index (χ4n) is 3.40. The number of hydrogen-bond donors (Lipinski definition) is 1. The van der Waals surface area contributed by atoms with Crippen LogP contribution in [-0.4, -0.2) is 29.6 Å². The number of hydrogen-bond acceptors (Lipinski definition) is 5. The highest BCUT2D eigenvalue weighted by molar-refractivity contribution is 6.07. The summed E-state index contributed by atoms with van der Waals surface area (Å²) in [5, 5.41) is 3.81. The molecule has 4 aromatic rings. The molecule has 6 nitrogen and oxygen atoms in total. The predicted octanol–water partition coefficient (Wildman–Crippen LogP) is 4.63. The van der Waals surface area contributed by atoms with Crippen LogP contribution in [-0.2, 0) is 6.54 Å². The summed E-state index contributed by atoms with van der Waals surface area (Å²) in [6.07, 6.45) is 3.45. The van der Waals surface area contributed by atoms with E-state index in [2.05, 4.69) is 10.3 Å². The van der Waals surface area contributed by atoms with Crippen molar-refractivity contribution >= 4 is 16.8 Å². The molecule has 1 N–H and O–H groups in total. The summed E-state index contributed by atoms with van der Waals surface area (Å²) < 4.78 is 11.0. The number of carbonyl (C=O) groups excluding carboxylic acids is 1. The number of benzene rings is 2. The predicted molar refractivity (Wildman–Crippen MR) is 120 cm³/mol. The van der Waals surface area contributed by atoms with E-state index in [0.29, 0.717) is 35.9 Å². The van der Waals surface area contributed by atoms with Gasteiger partial charge in [0.25, 0.3) is 5.91 Å². The first-order chi connectivity index (χ1) is 15.2. The van der Waals surface area contributed by atoms with Gasteiger partial charge < -0.3 is 14.8 Å². The summed E-state index contributed by atoms with van der Waals surface area (Å²) in [7, 11) is 1.60. The Morgan fingerprint density at radius 2 is 1.90 bits per heavy atom. The van der Waals surface area contributed by atoms with Crippen molar-refractivity contribution < 1.29 is 14.3 Å². The van der Waals surface area contributed by atoms with E-state index in [0.717, 1.165) is 22.0 Å². The molecule has 2 heterocycles. The quantitative estimate of drug-likeness (QED) is 0.478. The molecule has 0 atom stereocenters. The van der Waals surface area contributed by atoms with E-state index in [-0.39, 0.29) is 5.91 Å². The number of ether oxygens (including phenoxy) is 2. The third-order valence-corrected chi connectivity index (χ3v) is 4.90. The second-order valence-electron chi connectivity index (χ2n) is 6.91. The number of amides is 1. The lowest BCUT2D eigenvalue weighted by atomic mass is 10.0. The molecule has 0 radical (unpaired) electrons. The molecule has 0 saturated carbocycles. The number of aromatic nitrogens is 2. The number of para-hydroxylation sites is 1. The minimum Gasteiger partial charge on any atom is -0.493 e. The van der Waals surface area contributed by atoms with E-state index in [1.807, 2.05) is 67.6 Å². The van der Waals surface area contributed by atoms with Crippen molar-refractivity contribution in [2.45, 2.75) is 13.5 Å². The molecule has 0 spiro atoms. The van der Waals surface area contributed by atoms with E-state index in [1.165, 1.54) is 0 Å². The van der Waals surface area contributed by atoms with Crippen LogP contribution in [0.4, 0.5) is 0 Å². The van der Waals surface area contributed by atoms with Crippen LogP contribution in [0, 0.1) is 0 Å². The summed E-state index contributed by atoms with van der Waals surface area (Å²) in [6, 6.07) is 18.9. The van der Waals surface area contributed by atoms with Gasteiger partial charge in [0.2, 0.25) is 0 Å². The van der Waals surface area contributed by atoms with Crippen molar-refractivity contribution in [3.05, 3.63) is 84.2 Å². The van der Waals surface area contributed by atoms with Crippen molar-refractivity contribution in [1.29, 1.82) is 0 Å². The van der Waals surface area contributed by atoms with Gasteiger partial charge in [0, 0.05) is 29.9 Å². The molecule has 0 aliphatic heterocycles. The van der Waals surface area contributed by atoms with Crippen LogP contribution in [0.5, 0.6) is 11.5 Å². The summed E-state index contributed by atoms with van der Waals surface area (Å²) in [5.41, 5.74) is 3.82. The number of carbonyl (C=O) groups is 1. The SMILES string of the molecule is CCOc1ccc(CNC(=O)c2cc(-c3cccnc3)nc3ccccc23)cc1OC. The average molecular weight is 413 g/mol. The largest absolute Gasteiger partial charge is 0.493 e. The Morgan fingerprint density at radius 1 is 1.03 bits per heavy atom. The molecule has 0 aliphatic carbocycles. The second kappa shape index (κ2) is 9.26. The standard InChI is InChI=1S/C25H23N3O3/c1-3-31-23-11-10-17(13-24(23)30-2)15-27-25(29)20-14-22(18-7-6-12-26-16-18)28-21-9-5-4-8-19(20)21/h4-14,16H,3,15H2,1-2H3,(H,27,29). The third-order valence-electron chi connectivity index (χ3n) is 4.90. The smallest absolute Gasteiger partial charge is 0.252 e. The Hall–Kier alpha value is -3.93. The molecule has 2 aromatic heterocycles. The van der Waals surface area contributed by atoms with Gasteiger partial charge >= 0.3 is 0 Å². The molecule has 0 unspecified atom stereocenters. The second-order valence-corrected chi connectivity index (χ2v) is 6.91. The maximum atomic E-state index is 13.1. The Morgan fingerprint density at radius 3 is 2.68 bits per heavy atom. The normalized spacial score (nSPS) is 10.6. The molecule has 2 aromatic carbocycles. The van der Waals surface area contributed by atoms with Crippen molar-refractivity contribution in [2.75, 3.05) is 13.7 Å². The number of methoxy groups -OCH3 is 1. The van der Waals surface area contributed by atoms with Crippen LogP contribution in [0.2, 0.25) is 0 Å². The highest BCUT2D eigenvalue weighted by Gasteiger charge is 2.14. The third kappa shape index (κ3) is 4.48. The average Bonchev–Trinajstić information content (AvgIpc) is 2.83. The van der Waals surface area contributed by atoms with E-state index >= 15 is 0 Å². The highest BCUT2D eigenvalue weighted by Crippen LogP contribution is 2.28. The molecule has 0 aliphatic rings. The molecule has 6 heteroatoms. The molecule has 0 fully saturated rings. The summed E-state index contributed by atoms with van der Waals surface area (Å²) in [5.74, 6) is 1.15. The van der Waals surface area contributed by atoms with Gasteiger partial charge in [-0.15, -0.1) is 0 Å². The molecule has 0 saturated heterocycles. The van der Waals surface area contributed by atoms with Crippen molar-refractivity contribution in [1.82, 2.24) is 15.3 Å². The highest BCUT2D eigenvalue weighted by atomic mass is 16.5. The van der Waals surface area contributed by atoms with Crippen LogP contribution < -0.4 is 14.8 Å². The molecule has 156 valence electrons. The fraction of sp³-hybridized carbons (Fsp3) is 0.160. The van der Waals surface area contributed by atoms with Crippen molar-refractivity contribution in [3.63, 3.8) is 0 Å². The Bertz CT molecular complexity index is 1210. The number of fused-ring (bicyclic) bond motifs is 1. The first-order valence-electron chi connectivity index (χ1n) is 10.1. The van der Waals surface area contributed by atoms with E-state index in [9.17, 15) is 4.79 Å². The van der Waals surface area contributed by atoms with Gasteiger partial charge in [-0.2, -0.15) is 0 Å². The maximum absolute atomic E-state index is 13.1. The van der Waals surface area contributed by atoms with Crippen molar-refractivity contribution in [2.24, 2.45) is 0 Å². The summed E-state index contributed by atoms with van der Waals surface area (Å²) in [6.45, 7) is 2.84. The lowest BCUT2D eigenvalue weighted by Gasteiger charge is -2.13. The van der Waals surface area contributed by atoms with Gasteiger partial charge in [-0.3, -0.25) is 9.78 Å². The maximum Gasteiger partial charge on any atom is 0.252 e. The van der Waals surface area contributed by atoms with E-state index < -0.39 is 0 Å². The van der Waals surface area contributed by atoms with Gasteiger partial charge in [-0.05, 0) is 48.9 Å². The molecule has 4 rings (SSSR count). The Balaban J connectivity index is 1.62. The first-order valence-corrected chi connectivity index (χ1v) is 10.1. The summed E-state index contributed by atoms with van der Waals surface area (Å²) >= 11 is 0. The summed E-state index contributed by atoms with van der Waals surface area (Å²) in [4.78, 5) is 22.0. The van der Waals surface area contributed by atoms with Crippen LogP contribution in [0.25, 0.3) is 22.2 Å². The molecule has 1 amide bonds. The van der Waals surface area contributed by atoms with Crippen LogP contribution in [0.3, 0.4) is 0 Å². The van der Waals surface area contributed by atoms with Gasteiger partial charge in [-0.1, -0.05) is 24.3 Å². The minimum atomic E-state index is -0.170.